The van der Waals surface area contributed by atoms with E-state index in [1.54, 1.807) is 4.90 Å². The highest BCUT2D eigenvalue weighted by Crippen LogP contribution is 2.17. The number of aryl methyl sites for hydroxylation is 1. The second kappa shape index (κ2) is 8.03. The van der Waals surface area contributed by atoms with Gasteiger partial charge in [-0.3, -0.25) is 14.4 Å². The Balaban J connectivity index is 1.41. The fraction of sp³-hybridized carbons (Fsp3) is 0.421. The molecule has 0 aliphatic carbocycles. The van der Waals surface area contributed by atoms with Crippen molar-refractivity contribution in [1.82, 2.24) is 9.47 Å². The van der Waals surface area contributed by atoms with Crippen LogP contribution in [0.25, 0.3) is 10.9 Å². The lowest BCUT2D eigenvalue weighted by Gasteiger charge is -2.30. The summed E-state index contributed by atoms with van der Waals surface area (Å²) in [4.78, 5) is 36.8. The van der Waals surface area contributed by atoms with Gasteiger partial charge in [-0.2, -0.15) is 0 Å². The van der Waals surface area contributed by atoms with E-state index in [0.717, 1.165) is 10.9 Å². The lowest BCUT2D eigenvalue weighted by molar-refractivity contribution is -0.152. The Morgan fingerprint density at radius 3 is 2.58 bits per heavy atom. The Bertz CT molecular complexity index is 806. The zero-order valence-electron chi connectivity index (χ0n) is 14.6. The highest BCUT2D eigenvalue weighted by molar-refractivity contribution is 5.82. The molecular weight excluding hydrogens is 334 g/mol. The van der Waals surface area contributed by atoms with Gasteiger partial charge in [-0.05, 0) is 30.4 Å². The summed E-state index contributed by atoms with van der Waals surface area (Å²) < 4.78 is 7.10. The summed E-state index contributed by atoms with van der Waals surface area (Å²) in [6, 6.07) is 9.94. The van der Waals surface area contributed by atoms with Crippen molar-refractivity contribution < 1.29 is 19.1 Å². The molecule has 26 heavy (non-hydrogen) atoms. The van der Waals surface area contributed by atoms with E-state index in [0.29, 0.717) is 32.5 Å². The predicted molar refractivity (Wildman–Crippen MR) is 96.0 cm³/mol. The summed E-state index contributed by atoms with van der Waals surface area (Å²) in [5, 5.41) is 1.12. The number of carbonyl (C=O) groups is 3. The van der Waals surface area contributed by atoms with Crippen molar-refractivity contribution in [3.63, 3.8) is 0 Å². The van der Waals surface area contributed by atoms with E-state index in [1.807, 2.05) is 41.1 Å². The van der Waals surface area contributed by atoms with Crippen molar-refractivity contribution >= 4 is 28.7 Å². The first-order valence-corrected chi connectivity index (χ1v) is 8.81. The molecule has 1 aliphatic rings. The Morgan fingerprint density at radius 1 is 1.12 bits per heavy atom. The molecule has 0 radical (unpaired) electrons. The number of ether oxygens (including phenoxy) is 1. The Labute approximate surface area is 151 Å². The average molecular weight is 357 g/mol. The van der Waals surface area contributed by atoms with Crippen LogP contribution in [0.15, 0.2) is 36.5 Å². The molecule has 0 unspecified atom stereocenters. The van der Waals surface area contributed by atoms with Crippen LogP contribution in [0.5, 0.6) is 0 Å². The molecule has 1 fully saturated rings. The van der Waals surface area contributed by atoms with E-state index in [-0.39, 0.29) is 30.8 Å². The number of aromatic nitrogens is 1. The number of amides is 2. The van der Waals surface area contributed by atoms with Crippen LogP contribution in [0.4, 0.5) is 0 Å². The van der Waals surface area contributed by atoms with Crippen LogP contribution in [-0.4, -0.2) is 46.9 Å². The van der Waals surface area contributed by atoms with Crippen LogP contribution < -0.4 is 5.73 Å². The quantitative estimate of drug-likeness (QED) is 0.789. The van der Waals surface area contributed by atoms with Gasteiger partial charge >= 0.3 is 5.97 Å². The van der Waals surface area contributed by atoms with E-state index in [2.05, 4.69) is 0 Å². The normalized spacial score (nSPS) is 15.2. The molecule has 1 aromatic carbocycles. The Kier molecular flexibility index (Phi) is 5.55. The SMILES string of the molecule is NC(=O)C1CCN(C(=O)COC(=O)CCn2ccc3ccccc32)CC1. The smallest absolute Gasteiger partial charge is 0.308 e. The molecule has 2 heterocycles. The van der Waals surface area contributed by atoms with Crippen LogP contribution >= 0.6 is 0 Å². The number of nitrogens with two attached hydrogens (primary N) is 1. The molecule has 1 saturated heterocycles. The number of para-hydroxylation sites is 1. The van der Waals surface area contributed by atoms with E-state index in [9.17, 15) is 14.4 Å². The molecule has 0 saturated carbocycles. The zero-order chi connectivity index (χ0) is 18.5. The topological polar surface area (TPSA) is 94.6 Å². The molecule has 7 heteroatoms. The molecule has 0 atom stereocenters. The predicted octanol–water partition coefficient (Wildman–Crippen LogP) is 1.30. The van der Waals surface area contributed by atoms with Gasteiger partial charge in [0.15, 0.2) is 6.61 Å². The minimum absolute atomic E-state index is 0.169. The molecule has 0 bridgehead atoms. The number of carbonyl (C=O) groups excluding carboxylic acids is 3. The number of nitrogens with zero attached hydrogens (tertiary/aromatic N) is 2. The third kappa shape index (κ3) is 4.22. The number of hydrogen-bond donors (Lipinski definition) is 1. The standard InChI is InChI=1S/C19H23N3O4/c20-19(25)15-6-10-22(11-7-15)17(23)13-26-18(24)8-12-21-9-5-14-3-1-2-4-16(14)21/h1-5,9,15H,6-8,10-13H2,(H2,20,25). The summed E-state index contributed by atoms with van der Waals surface area (Å²) >= 11 is 0. The van der Waals surface area contributed by atoms with Crippen LogP contribution in [0.1, 0.15) is 19.3 Å². The van der Waals surface area contributed by atoms with Gasteiger partial charge < -0.3 is 19.9 Å². The maximum Gasteiger partial charge on any atom is 0.308 e. The maximum atomic E-state index is 12.1. The van der Waals surface area contributed by atoms with Gasteiger partial charge in [0.05, 0.1) is 6.42 Å². The Morgan fingerprint density at radius 2 is 1.85 bits per heavy atom. The van der Waals surface area contributed by atoms with Gasteiger partial charge in [0.25, 0.3) is 5.91 Å². The maximum absolute atomic E-state index is 12.1. The molecular formula is C19H23N3O4. The molecule has 2 aromatic rings. The van der Waals surface area contributed by atoms with Crippen molar-refractivity contribution in [1.29, 1.82) is 0 Å². The van der Waals surface area contributed by atoms with Crippen molar-refractivity contribution in [2.45, 2.75) is 25.8 Å². The second-order valence-corrected chi connectivity index (χ2v) is 6.54. The molecule has 3 rings (SSSR count). The fourth-order valence-electron chi connectivity index (χ4n) is 3.27. The molecule has 1 aromatic heterocycles. The van der Waals surface area contributed by atoms with E-state index in [1.165, 1.54) is 0 Å². The minimum atomic E-state index is -0.400. The van der Waals surface area contributed by atoms with Crippen molar-refractivity contribution in [3.8, 4) is 0 Å². The second-order valence-electron chi connectivity index (χ2n) is 6.54. The number of hydrogen-bond acceptors (Lipinski definition) is 4. The van der Waals surface area contributed by atoms with E-state index in [4.69, 9.17) is 10.5 Å². The summed E-state index contributed by atoms with van der Waals surface area (Å²) in [5.41, 5.74) is 6.35. The third-order valence-electron chi connectivity index (χ3n) is 4.84. The lowest BCUT2D eigenvalue weighted by atomic mass is 9.96. The molecule has 0 spiro atoms. The number of primary amides is 1. The van der Waals surface area contributed by atoms with Gasteiger partial charge in [0.2, 0.25) is 5.91 Å². The van der Waals surface area contributed by atoms with Crippen LogP contribution in [-0.2, 0) is 25.7 Å². The summed E-state index contributed by atoms with van der Waals surface area (Å²) in [5.74, 6) is -1.12. The number of likely N-dealkylation sites (tertiary alicyclic amines) is 1. The molecule has 1 aliphatic heterocycles. The number of fused-ring (bicyclic) bond motifs is 1. The van der Waals surface area contributed by atoms with Crippen LogP contribution in [0.3, 0.4) is 0 Å². The Hall–Kier alpha value is -2.83. The van der Waals surface area contributed by atoms with Gasteiger partial charge in [-0.25, -0.2) is 0 Å². The largest absolute Gasteiger partial charge is 0.456 e. The van der Waals surface area contributed by atoms with Crippen molar-refractivity contribution in [2.24, 2.45) is 11.7 Å². The molecule has 138 valence electrons. The number of rotatable bonds is 6. The van der Waals surface area contributed by atoms with E-state index < -0.39 is 5.97 Å². The van der Waals surface area contributed by atoms with E-state index >= 15 is 0 Å². The van der Waals surface area contributed by atoms with Crippen molar-refractivity contribution in [2.75, 3.05) is 19.7 Å². The molecule has 2 amide bonds. The van der Waals surface area contributed by atoms with Gasteiger partial charge in [0, 0.05) is 37.3 Å². The zero-order valence-corrected chi connectivity index (χ0v) is 14.6. The number of benzene rings is 1. The van der Waals surface area contributed by atoms with Gasteiger partial charge in [-0.15, -0.1) is 0 Å². The van der Waals surface area contributed by atoms with Gasteiger partial charge in [0.1, 0.15) is 0 Å². The summed E-state index contributed by atoms with van der Waals surface area (Å²) in [6.07, 6.45) is 3.27. The monoisotopic (exact) mass is 357 g/mol. The fourth-order valence-corrected chi connectivity index (χ4v) is 3.27. The highest BCUT2D eigenvalue weighted by Gasteiger charge is 2.26. The average Bonchev–Trinajstić information content (AvgIpc) is 3.07. The van der Waals surface area contributed by atoms with Gasteiger partial charge in [-0.1, -0.05) is 18.2 Å². The molecule has 2 N–H and O–H groups in total. The van der Waals surface area contributed by atoms with Crippen molar-refractivity contribution in [3.05, 3.63) is 36.5 Å². The first kappa shape index (κ1) is 18.0. The third-order valence-corrected chi connectivity index (χ3v) is 4.84. The number of esters is 1. The van der Waals surface area contributed by atoms with Crippen LogP contribution in [0.2, 0.25) is 0 Å². The minimum Gasteiger partial charge on any atom is -0.456 e. The summed E-state index contributed by atoms with van der Waals surface area (Å²) in [6.45, 7) is 1.19. The lowest BCUT2D eigenvalue weighted by Crippen LogP contribution is -2.43. The summed E-state index contributed by atoms with van der Waals surface area (Å²) in [7, 11) is 0. The molecule has 7 nitrogen and oxygen atoms in total. The number of piperidine rings is 1. The van der Waals surface area contributed by atoms with Crippen LogP contribution in [0, 0.1) is 5.92 Å². The highest BCUT2D eigenvalue weighted by atomic mass is 16.5. The first-order valence-electron chi connectivity index (χ1n) is 8.81. The first-order chi connectivity index (χ1) is 12.5.